The summed E-state index contributed by atoms with van der Waals surface area (Å²) in [5, 5.41) is 0.808. The van der Waals surface area contributed by atoms with Gasteiger partial charge in [-0.1, -0.05) is 29.3 Å². The molecule has 1 heterocycles. The van der Waals surface area contributed by atoms with Gasteiger partial charge in [-0.25, -0.2) is 0 Å². The van der Waals surface area contributed by atoms with E-state index in [0.717, 1.165) is 31.3 Å². The Hall–Kier alpha value is -0.900. The van der Waals surface area contributed by atoms with E-state index in [1.165, 1.54) is 0 Å². The number of halogens is 1. The van der Waals surface area contributed by atoms with Crippen LogP contribution in [-0.4, -0.2) is 34.2 Å². The Bertz CT molecular complexity index is 316. The second-order valence-electron chi connectivity index (χ2n) is 3.58. The fraction of sp³-hybridized carbons (Fsp3) is 0.500. The molecule has 0 aliphatic heterocycles. The number of hydrogen-bond donors (Lipinski definition) is 0. The second kappa shape index (κ2) is 7.39. The van der Waals surface area contributed by atoms with Crippen LogP contribution in [0.25, 0.3) is 0 Å². The van der Waals surface area contributed by atoms with Crippen LogP contribution < -0.4 is 0 Å². The molecule has 0 unspecified atom stereocenters. The van der Waals surface area contributed by atoms with Crippen molar-refractivity contribution in [3.63, 3.8) is 0 Å². The van der Waals surface area contributed by atoms with Gasteiger partial charge in [0.1, 0.15) is 0 Å². The van der Waals surface area contributed by atoms with Gasteiger partial charge in [0, 0.05) is 30.8 Å². The van der Waals surface area contributed by atoms with Crippen LogP contribution >= 0.6 is 15.9 Å². The number of rotatable bonds is 6. The van der Waals surface area contributed by atoms with E-state index < -0.39 is 0 Å². The van der Waals surface area contributed by atoms with Crippen LogP contribution in [0.4, 0.5) is 0 Å². The molecule has 0 bridgehead atoms. The first-order chi connectivity index (χ1) is 7.79. The van der Waals surface area contributed by atoms with Crippen LogP contribution in [0.5, 0.6) is 0 Å². The van der Waals surface area contributed by atoms with Crippen LogP contribution in [0.1, 0.15) is 30.1 Å². The number of pyridine rings is 1. The van der Waals surface area contributed by atoms with Gasteiger partial charge in [-0.2, -0.15) is 0 Å². The molecular formula is C12H17BrN2O. The molecule has 0 aromatic carbocycles. The van der Waals surface area contributed by atoms with Gasteiger partial charge in [0.2, 0.25) is 0 Å². The maximum atomic E-state index is 12.1. The van der Waals surface area contributed by atoms with Gasteiger partial charge in [-0.05, 0) is 18.6 Å². The minimum Gasteiger partial charge on any atom is -0.338 e. The minimum absolute atomic E-state index is 0.0704. The van der Waals surface area contributed by atoms with Crippen molar-refractivity contribution < 1.29 is 4.79 Å². The fourth-order valence-electron chi connectivity index (χ4n) is 1.44. The van der Waals surface area contributed by atoms with Crippen molar-refractivity contribution in [1.82, 2.24) is 9.88 Å². The average molecular weight is 285 g/mol. The SMILES string of the molecule is CCCCN(CCBr)C(=O)c1cccnc1. The first-order valence-electron chi connectivity index (χ1n) is 5.54. The van der Waals surface area contributed by atoms with Crippen molar-refractivity contribution in [2.75, 3.05) is 18.4 Å². The largest absolute Gasteiger partial charge is 0.338 e. The summed E-state index contributed by atoms with van der Waals surface area (Å²) in [6.45, 7) is 3.68. The van der Waals surface area contributed by atoms with Crippen LogP contribution in [0.15, 0.2) is 24.5 Å². The maximum Gasteiger partial charge on any atom is 0.255 e. The van der Waals surface area contributed by atoms with Crippen molar-refractivity contribution in [2.45, 2.75) is 19.8 Å². The third-order valence-electron chi connectivity index (χ3n) is 2.33. The van der Waals surface area contributed by atoms with E-state index in [9.17, 15) is 4.79 Å². The molecular weight excluding hydrogens is 268 g/mol. The number of hydrogen-bond acceptors (Lipinski definition) is 2. The quantitative estimate of drug-likeness (QED) is 0.753. The summed E-state index contributed by atoms with van der Waals surface area (Å²) >= 11 is 3.37. The third-order valence-corrected chi connectivity index (χ3v) is 2.69. The molecule has 0 N–H and O–H groups in total. The van der Waals surface area contributed by atoms with Crippen molar-refractivity contribution in [1.29, 1.82) is 0 Å². The molecule has 0 spiro atoms. The Labute approximate surface area is 105 Å². The lowest BCUT2D eigenvalue weighted by molar-refractivity contribution is 0.0764. The van der Waals surface area contributed by atoms with E-state index in [4.69, 9.17) is 0 Å². The average Bonchev–Trinajstić information content (AvgIpc) is 2.35. The van der Waals surface area contributed by atoms with E-state index in [1.807, 2.05) is 11.0 Å². The zero-order chi connectivity index (χ0) is 11.8. The van der Waals surface area contributed by atoms with Gasteiger partial charge in [-0.3, -0.25) is 9.78 Å². The molecule has 0 aliphatic carbocycles. The first kappa shape index (κ1) is 13.2. The maximum absolute atomic E-state index is 12.1. The Morgan fingerprint density at radius 2 is 2.31 bits per heavy atom. The third kappa shape index (κ3) is 3.93. The number of alkyl halides is 1. The predicted molar refractivity (Wildman–Crippen MR) is 68.8 cm³/mol. The predicted octanol–water partition coefficient (Wildman–Crippen LogP) is 2.72. The van der Waals surface area contributed by atoms with Crippen LogP contribution in [-0.2, 0) is 0 Å². The highest BCUT2D eigenvalue weighted by molar-refractivity contribution is 9.09. The molecule has 1 aromatic heterocycles. The molecule has 88 valence electrons. The molecule has 3 nitrogen and oxygen atoms in total. The molecule has 0 aliphatic rings. The highest BCUT2D eigenvalue weighted by Crippen LogP contribution is 2.05. The zero-order valence-electron chi connectivity index (χ0n) is 9.53. The first-order valence-corrected chi connectivity index (χ1v) is 6.67. The Balaban J connectivity index is 2.67. The molecule has 0 saturated heterocycles. The van der Waals surface area contributed by atoms with Gasteiger partial charge in [0.05, 0.1) is 5.56 Å². The van der Waals surface area contributed by atoms with Gasteiger partial charge in [0.15, 0.2) is 0 Å². The minimum atomic E-state index is 0.0704. The molecule has 4 heteroatoms. The van der Waals surface area contributed by atoms with Crippen molar-refractivity contribution in [3.05, 3.63) is 30.1 Å². The summed E-state index contributed by atoms with van der Waals surface area (Å²) in [6, 6.07) is 3.60. The van der Waals surface area contributed by atoms with Crippen molar-refractivity contribution in [2.24, 2.45) is 0 Å². The summed E-state index contributed by atoms with van der Waals surface area (Å²) in [5.41, 5.74) is 0.666. The summed E-state index contributed by atoms with van der Waals surface area (Å²) in [4.78, 5) is 17.9. The van der Waals surface area contributed by atoms with Crippen LogP contribution in [0.3, 0.4) is 0 Å². The Morgan fingerprint density at radius 3 is 2.88 bits per heavy atom. The summed E-state index contributed by atoms with van der Waals surface area (Å²) in [7, 11) is 0. The number of aromatic nitrogens is 1. The summed E-state index contributed by atoms with van der Waals surface area (Å²) < 4.78 is 0. The molecule has 0 radical (unpaired) electrons. The number of unbranched alkanes of at least 4 members (excludes halogenated alkanes) is 1. The van der Waals surface area contributed by atoms with Gasteiger partial charge in [-0.15, -0.1) is 0 Å². The van der Waals surface area contributed by atoms with Crippen LogP contribution in [0.2, 0.25) is 0 Å². The van der Waals surface area contributed by atoms with E-state index in [2.05, 4.69) is 27.8 Å². The standard InChI is InChI=1S/C12H17BrN2O/c1-2-3-8-15(9-6-13)12(16)11-5-4-7-14-10-11/h4-5,7,10H,2-3,6,8-9H2,1H3. The molecule has 1 amide bonds. The normalized spacial score (nSPS) is 10.1. The lowest BCUT2D eigenvalue weighted by Gasteiger charge is -2.21. The number of nitrogens with zero attached hydrogens (tertiary/aromatic N) is 2. The summed E-state index contributed by atoms with van der Waals surface area (Å²) in [5.74, 6) is 0.0704. The van der Waals surface area contributed by atoms with E-state index in [1.54, 1.807) is 18.5 Å². The number of carbonyl (C=O) groups is 1. The molecule has 0 saturated carbocycles. The van der Waals surface area contributed by atoms with E-state index in [0.29, 0.717) is 5.56 Å². The van der Waals surface area contributed by atoms with Gasteiger partial charge >= 0.3 is 0 Å². The highest BCUT2D eigenvalue weighted by Gasteiger charge is 2.14. The van der Waals surface area contributed by atoms with Gasteiger partial charge < -0.3 is 4.90 Å². The van der Waals surface area contributed by atoms with Crippen LogP contribution in [0, 0.1) is 0 Å². The highest BCUT2D eigenvalue weighted by atomic mass is 79.9. The molecule has 0 atom stereocenters. The topological polar surface area (TPSA) is 33.2 Å². The second-order valence-corrected chi connectivity index (χ2v) is 4.37. The van der Waals surface area contributed by atoms with E-state index in [-0.39, 0.29) is 5.91 Å². The smallest absolute Gasteiger partial charge is 0.255 e. The fourth-order valence-corrected chi connectivity index (χ4v) is 1.87. The molecule has 0 fully saturated rings. The number of amides is 1. The monoisotopic (exact) mass is 284 g/mol. The summed E-state index contributed by atoms with van der Waals surface area (Å²) in [6.07, 6.45) is 5.44. The Morgan fingerprint density at radius 1 is 1.50 bits per heavy atom. The lowest BCUT2D eigenvalue weighted by Crippen LogP contribution is -2.33. The molecule has 1 aromatic rings. The lowest BCUT2D eigenvalue weighted by atomic mass is 10.2. The Kier molecular flexibility index (Phi) is 6.08. The molecule has 1 rings (SSSR count). The molecule has 16 heavy (non-hydrogen) atoms. The number of carbonyl (C=O) groups excluding carboxylic acids is 1. The van der Waals surface area contributed by atoms with Gasteiger partial charge in [0.25, 0.3) is 5.91 Å². The van der Waals surface area contributed by atoms with E-state index >= 15 is 0 Å². The van der Waals surface area contributed by atoms with Crippen molar-refractivity contribution in [3.8, 4) is 0 Å². The zero-order valence-corrected chi connectivity index (χ0v) is 11.1. The van der Waals surface area contributed by atoms with Crippen molar-refractivity contribution >= 4 is 21.8 Å².